The van der Waals surface area contributed by atoms with Crippen LogP contribution in [0.25, 0.3) is 0 Å². The van der Waals surface area contributed by atoms with E-state index in [1.54, 1.807) is 17.0 Å². The first-order valence-corrected chi connectivity index (χ1v) is 6.33. The van der Waals surface area contributed by atoms with Crippen LogP contribution in [0.15, 0.2) is 36.4 Å². The van der Waals surface area contributed by atoms with Gasteiger partial charge in [-0.15, -0.1) is 0 Å². The van der Waals surface area contributed by atoms with Crippen molar-refractivity contribution in [3.8, 4) is 0 Å². The molecule has 0 radical (unpaired) electrons. The Bertz CT molecular complexity index is 695. The molecule has 0 saturated carbocycles. The molecule has 2 aromatic rings. The largest absolute Gasteiger partial charge is 0.416 e. The van der Waals surface area contributed by atoms with Crippen LogP contribution in [-0.2, 0) is 19.3 Å². The first-order valence-electron chi connectivity index (χ1n) is 6.33. The quantitative estimate of drug-likeness (QED) is 0.638. The standard InChI is InChI=1S/C15H12F4N2/c16-13-4-2-11(15(17,18)19)6-14(13)21-7-9-1-3-12(20)5-10(9)8-21/h1-6H,7-8,20H2. The summed E-state index contributed by atoms with van der Waals surface area (Å²) in [5.74, 6) is -0.663. The van der Waals surface area contributed by atoms with Crippen LogP contribution >= 0.6 is 0 Å². The summed E-state index contributed by atoms with van der Waals surface area (Å²) in [6.45, 7) is 0.715. The number of benzene rings is 2. The van der Waals surface area contributed by atoms with Crippen molar-refractivity contribution in [2.75, 3.05) is 10.6 Å². The lowest BCUT2D eigenvalue weighted by Crippen LogP contribution is -2.17. The van der Waals surface area contributed by atoms with Gasteiger partial charge in [0, 0.05) is 18.8 Å². The van der Waals surface area contributed by atoms with Crippen LogP contribution in [0, 0.1) is 5.82 Å². The van der Waals surface area contributed by atoms with Gasteiger partial charge in [0.05, 0.1) is 11.3 Å². The number of fused-ring (bicyclic) bond motifs is 1. The summed E-state index contributed by atoms with van der Waals surface area (Å²) in [4.78, 5) is 1.58. The molecule has 0 bridgehead atoms. The maximum Gasteiger partial charge on any atom is 0.416 e. The Kier molecular flexibility index (Phi) is 3.04. The van der Waals surface area contributed by atoms with E-state index in [4.69, 9.17) is 5.73 Å². The monoisotopic (exact) mass is 296 g/mol. The van der Waals surface area contributed by atoms with Crippen LogP contribution in [0.5, 0.6) is 0 Å². The van der Waals surface area contributed by atoms with E-state index in [2.05, 4.69) is 0 Å². The van der Waals surface area contributed by atoms with Gasteiger partial charge in [-0.05, 0) is 41.5 Å². The normalized spacial score (nSPS) is 14.4. The number of rotatable bonds is 1. The van der Waals surface area contributed by atoms with Crippen LogP contribution in [0.1, 0.15) is 16.7 Å². The third kappa shape index (κ3) is 2.53. The highest BCUT2D eigenvalue weighted by Gasteiger charge is 2.32. The summed E-state index contributed by atoms with van der Waals surface area (Å²) < 4.78 is 52.1. The van der Waals surface area contributed by atoms with E-state index in [9.17, 15) is 17.6 Å². The molecule has 0 atom stereocenters. The zero-order chi connectivity index (χ0) is 15.2. The summed E-state index contributed by atoms with van der Waals surface area (Å²) in [6.07, 6.45) is -4.49. The van der Waals surface area contributed by atoms with Gasteiger partial charge in [0.15, 0.2) is 0 Å². The van der Waals surface area contributed by atoms with Gasteiger partial charge in [-0.25, -0.2) is 4.39 Å². The number of halogens is 4. The molecular weight excluding hydrogens is 284 g/mol. The van der Waals surface area contributed by atoms with Crippen molar-refractivity contribution in [3.63, 3.8) is 0 Å². The topological polar surface area (TPSA) is 29.3 Å². The fourth-order valence-corrected chi connectivity index (χ4v) is 2.52. The Morgan fingerprint density at radius 1 is 0.952 bits per heavy atom. The van der Waals surface area contributed by atoms with E-state index in [-0.39, 0.29) is 5.69 Å². The predicted octanol–water partition coefficient (Wildman–Crippen LogP) is 3.95. The Morgan fingerprint density at radius 2 is 1.67 bits per heavy atom. The summed E-state index contributed by atoms with van der Waals surface area (Å²) in [7, 11) is 0. The van der Waals surface area contributed by atoms with E-state index in [0.29, 0.717) is 18.8 Å². The van der Waals surface area contributed by atoms with Gasteiger partial charge in [0.25, 0.3) is 0 Å². The lowest BCUT2D eigenvalue weighted by Gasteiger charge is -2.20. The molecule has 110 valence electrons. The molecule has 2 N–H and O–H groups in total. The Hall–Kier alpha value is -2.24. The van der Waals surface area contributed by atoms with Crippen molar-refractivity contribution in [2.45, 2.75) is 19.3 Å². The van der Waals surface area contributed by atoms with Crippen molar-refractivity contribution in [1.29, 1.82) is 0 Å². The first-order chi connectivity index (χ1) is 9.84. The average molecular weight is 296 g/mol. The second-order valence-electron chi connectivity index (χ2n) is 5.05. The van der Waals surface area contributed by atoms with Crippen LogP contribution in [0.3, 0.4) is 0 Å². The van der Waals surface area contributed by atoms with Crippen molar-refractivity contribution in [2.24, 2.45) is 0 Å². The van der Waals surface area contributed by atoms with Gasteiger partial charge in [0.1, 0.15) is 5.82 Å². The third-order valence-electron chi connectivity index (χ3n) is 3.57. The molecule has 21 heavy (non-hydrogen) atoms. The summed E-state index contributed by atoms with van der Waals surface area (Å²) >= 11 is 0. The van der Waals surface area contributed by atoms with Crippen molar-refractivity contribution >= 4 is 11.4 Å². The summed E-state index contributed by atoms with van der Waals surface area (Å²) in [5.41, 5.74) is 7.23. The molecule has 6 heteroatoms. The van der Waals surface area contributed by atoms with Gasteiger partial charge in [-0.2, -0.15) is 13.2 Å². The molecule has 1 aliphatic rings. The van der Waals surface area contributed by atoms with Gasteiger partial charge in [0.2, 0.25) is 0 Å². The highest BCUT2D eigenvalue weighted by Crippen LogP contribution is 2.36. The third-order valence-corrected chi connectivity index (χ3v) is 3.57. The molecule has 1 aliphatic heterocycles. The SMILES string of the molecule is Nc1ccc2c(c1)CN(c1cc(C(F)(F)F)ccc1F)C2. The van der Waals surface area contributed by atoms with E-state index in [1.165, 1.54) is 0 Å². The smallest absolute Gasteiger partial charge is 0.399 e. The van der Waals surface area contributed by atoms with Crippen LogP contribution in [0.4, 0.5) is 28.9 Å². The molecule has 0 aliphatic carbocycles. The number of nitrogens with two attached hydrogens (primary N) is 1. The lowest BCUT2D eigenvalue weighted by atomic mass is 10.1. The van der Waals surface area contributed by atoms with Crippen LogP contribution < -0.4 is 10.6 Å². The first kappa shape index (κ1) is 13.7. The van der Waals surface area contributed by atoms with Crippen LogP contribution in [0.2, 0.25) is 0 Å². The maximum atomic E-state index is 13.9. The van der Waals surface area contributed by atoms with Crippen molar-refractivity contribution < 1.29 is 17.6 Å². The summed E-state index contributed by atoms with van der Waals surface area (Å²) in [5, 5.41) is 0. The Balaban J connectivity index is 1.96. The molecule has 0 unspecified atom stereocenters. The second-order valence-corrected chi connectivity index (χ2v) is 5.05. The minimum absolute atomic E-state index is 0.0420. The average Bonchev–Trinajstić information content (AvgIpc) is 2.80. The zero-order valence-electron chi connectivity index (χ0n) is 10.9. The molecule has 0 saturated heterocycles. The van der Waals surface area contributed by atoms with E-state index in [0.717, 1.165) is 29.3 Å². The van der Waals surface area contributed by atoms with Crippen molar-refractivity contribution in [1.82, 2.24) is 0 Å². The van der Waals surface area contributed by atoms with E-state index >= 15 is 0 Å². The van der Waals surface area contributed by atoms with Gasteiger partial charge in [-0.3, -0.25) is 0 Å². The lowest BCUT2D eigenvalue weighted by molar-refractivity contribution is -0.137. The number of nitrogen functional groups attached to an aromatic ring is 1. The number of hydrogen-bond donors (Lipinski definition) is 1. The molecular formula is C15H12F4N2. The number of hydrogen-bond acceptors (Lipinski definition) is 2. The Labute approximate surface area is 118 Å². The molecule has 0 amide bonds. The second kappa shape index (κ2) is 4.65. The maximum absolute atomic E-state index is 13.9. The molecule has 0 aromatic heterocycles. The zero-order valence-corrected chi connectivity index (χ0v) is 10.9. The van der Waals surface area contributed by atoms with Gasteiger partial charge < -0.3 is 10.6 Å². The van der Waals surface area contributed by atoms with Crippen LogP contribution in [-0.4, -0.2) is 0 Å². The fraction of sp³-hybridized carbons (Fsp3) is 0.200. The molecule has 0 spiro atoms. The molecule has 1 heterocycles. The Morgan fingerprint density at radius 3 is 2.38 bits per heavy atom. The number of anilines is 2. The molecule has 2 aromatic carbocycles. The molecule has 0 fully saturated rings. The highest BCUT2D eigenvalue weighted by atomic mass is 19.4. The number of nitrogens with zero attached hydrogens (tertiary/aromatic N) is 1. The fourth-order valence-electron chi connectivity index (χ4n) is 2.52. The van der Waals surface area contributed by atoms with Gasteiger partial charge >= 0.3 is 6.18 Å². The predicted molar refractivity (Wildman–Crippen MR) is 72.1 cm³/mol. The molecule has 2 nitrogen and oxygen atoms in total. The van der Waals surface area contributed by atoms with Gasteiger partial charge in [-0.1, -0.05) is 6.07 Å². The summed E-state index contributed by atoms with van der Waals surface area (Å²) in [6, 6.07) is 7.77. The highest BCUT2D eigenvalue weighted by molar-refractivity contribution is 5.57. The number of alkyl halides is 3. The van der Waals surface area contributed by atoms with E-state index in [1.807, 2.05) is 6.07 Å². The van der Waals surface area contributed by atoms with E-state index < -0.39 is 17.6 Å². The minimum Gasteiger partial charge on any atom is -0.399 e. The molecule has 3 rings (SSSR count). The minimum atomic E-state index is -4.49. The van der Waals surface area contributed by atoms with Crippen molar-refractivity contribution in [3.05, 3.63) is 58.9 Å².